The maximum atomic E-state index is 11.5. The van der Waals surface area contributed by atoms with Gasteiger partial charge in [-0.3, -0.25) is 9.59 Å². The van der Waals surface area contributed by atoms with Gasteiger partial charge in [0.1, 0.15) is 5.78 Å². The molecule has 0 spiro atoms. The van der Waals surface area contributed by atoms with E-state index < -0.39 is 5.92 Å². The summed E-state index contributed by atoms with van der Waals surface area (Å²) in [5, 5.41) is -0.0497. The van der Waals surface area contributed by atoms with Crippen LogP contribution in [0, 0.1) is 5.92 Å². The third-order valence-electron chi connectivity index (χ3n) is 2.19. The molecular weight excluding hydrogens is 208 g/mol. The lowest BCUT2D eigenvalue weighted by Crippen LogP contribution is -2.15. The molecule has 0 saturated heterocycles. The molecule has 0 amide bonds. The van der Waals surface area contributed by atoms with Crippen LogP contribution < -0.4 is 0 Å². The first-order chi connectivity index (χ1) is 7.11. The van der Waals surface area contributed by atoms with E-state index in [2.05, 4.69) is 0 Å². The van der Waals surface area contributed by atoms with Gasteiger partial charge in [-0.15, -0.1) is 0 Å². The van der Waals surface area contributed by atoms with Gasteiger partial charge < -0.3 is 0 Å². The molecule has 0 heterocycles. The normalized spacial score (nSPS) is 12.1. The van der Waals surface area contributed by atoms with E-state index in [9.17, 15) is 9.59 Å². The standard InChI is InChI=1S/C12H14O2S/c1-9(10(2)13)12(14)15-8-11-6-4-3-5-7-11/h3-7,9H,8H2,1-2H3. The lowest BCUT2D eigenvalue weighted by Gasteiger charge is -2.05. The monoisotopic (exact) mass is 222 g/mol. The summed E-state index contributed by atoms with van der Waals surface area (Å²) in [4.78, 5) is 22.5. The zero-order valence-electron chi connectivity index (χ0n) is 8.90. The zero-order valence-corrected chi connectivity index (χ0v) is 9.71. The van der Waals surface area contributed by atoms with E-state index in [1.165, 1.54) is 18.7 Å². The highest BCUT2D eigenvalue weighted by atomic mass is 32.2. The van der Waals surface area contributed by atoms with Gasteiger partial charge in [-0.25, -0.2) is 0 Å². The average Bonchev–Trinajstić information content (AvgIpc) is 2.26. The summed E-state index contributed by atoms with van der Waals surface area (Å²) in [7, 11) is 0. The highest BCUT2D eigenvalue weighted by Crippen LogP contribution is 2.17. The number of carbonyl (C=O) groups is 2. The predicted octanol–water partition coefficient (Wildman–Crippen LogP) is 2.67. The van der Waals surface area contributed by atoms with E-state index in [0.29, 0.717) is 5.75 Å². The molecule has 0 aliphatic heterocycles. The van der Waals surface area contributed by atoms with Crippen molar-refractivity contribution in [2.45, 2.75) is 19.6 Å². The van der Waals surface area contributed by atoms with Crippen LogP contribution in [0.3, 0.4) is 0 Å². The largest absolute Gasteiger partial charge is 0.299 e. The number of thioether (sulfide) groups is 1. The number of rotatable bonds is 4. The number of benzene rings is 1. The molecule has 1 aromatic carbocycles. The Morgan fingerprint density at radius 2 is 1.87 bits per heavy atom. The lowest BCUT2D eigenvalue weighted by molar-refractivity contribution is -0.126. The van der Waals surface area contributed by atoms with Crippen molar-refractivity contribution >= 4 is 22.7 Å². The molecule has 0 aliphatic rings. The fourth-order valence-electron chi connectivity index (χ4n) is 1.02. The van der Waals surface area contributed by atoms with Gasteiger partial charge in [-0.2, -0.15) is 0 Å². The Morgan fingerprint density at radius 1 is 1.27 bits per heavy atom. The van der Waals surface area contributed by atoms with Crippen LogP contribution in [-0.4, -0.2) is 10.9 Å². The molecule has 1 rings (SSSR count). The summed E-state index contributed by atoms with van der Waals surface area (Å²) in [6.45, 7) is 3.11. The Labute approximate surface area is 94.1 Å². The van der Waals surface area contributed by atoms with E-state index in [1.807, 2.05) is 30.3 Å². The maximum absolute atomic E-state index is 11.5. The second kappa shape index (κ2) is 5.71. The smallest absolute Gasteiger partial charge is 0.199 e. The molecular formula is C12H14O2S. The first-order valence-electron chi connectivity index (χ1n) is 4.82. The number of Topliss-reactive ketones (excluding diaryl/α,β-unsaturated/α-hetero) is 1. The quantitative estimate of drug-likeness (QED) is 0.734. The Bertz CT molecular complexity index is 346. The van der Waals surface area contributed by atoms with Crippen molar-refractivity contribution < 1.29 is 9.59 Å². The zero-order chi connectivity index (χ0) is 11.3. The highest BCUT2D eigenvalue weighted by Gasteiger charge is 2.17. The average molecular weight is 222 g/mol. The van der Waals surface area contributed by atoms with Crippen LogP contribution in [0.15, 0.2) is 30.3 Å². The fraction of sp³-hybridized carbons (Fsp3) is 0.333. The van der Waals surface area contributed by atoms with Gasteiger partial charge in [0.2, 0.25) is 0 Å². The van der Waals surface area contributed by atoms with Crippen molar-refractivity contribution in [3.8, 4) is 0 Å². The minimum absolute atomic E-state index is 0.0497. The van der Waals surface area contributed by atoms with Gasteiger partial charge in [0, 0.05) is 5.75 Å². The molecule has 0 fully saturated rings. The first-order valence-corrected chi connectivity index (χ1v) is 5.81. The van der Waals surface area contributed by atoms with Crippen LogP contribution in [0.4, 0.5) is 0 Å². The Hall–Kier alpha value is -1.09. The van der Waals surface area contributed by atoms with Crippen molar-refractivity contribution in [2.24, 2.45) is 5.92 Å². The molecule has 1 atom stereocenters. The second-order valence-electron chi connectivity index (χ2n) is 3.43. The molecule has 1 aromatic rings. The van der Waals surface area contributed by atoms with Crippen LogP contribution in [0.25, 0.3) is 0 Å². The SMILES string of the molecule is CC(=O)C(C)C(=O)SCc1ccccc1. The molecule has 0 saturated carbocycles. The number of ketones is 1. The van der Waals surface area contributed by atoms with Crippen molar-refractivity contribution in [1.29, 1.82) is 0 Å². The molecule has 15 heavy (non-hydrogen) atoms. The van der Waals surface area contributed by atoms with Gasteiger partial charge in [0.25, 0.3) is 0 Å². The van der Waals surface area contributed by atoms with Crippen LogP contribution in [-0.2, 0) is 15.3 Å². The van der Waals surface area contributed by atoms with Crippen LogP contribution in [0.5, 0.6) is 0 Å². The molecule has 2 nitrogen and oxygen atoms in total. The van der Waals surface area contributed by atoms with Gasteiger partial charge in [0.15, 0.2) is 5.12 Å². The van der Waals surface area contributed by atoms with Gasteiger partial charge in [0.05, 0.1) is 5.92 Å². The summed E-state index contributed by atoms with van der Waals surface area (Å²) < 4.78 is 0. The number of hydrogen-bond donors (Lipinski definition) is 0. The van der Waals surface area contributed by atoms with Crippen molar-refractivity contribution in [3.05, 3.63) is 35.9 Å². The molecule has 0 aliphatic carbocycles. The third kappa shape index (κ3) is 3.88. The van der Waals surface area contributed by atoms with E-state index in [1.54, 1.807) is 6.92 Å². The molecule has 0 aromatic heterocycles. The maximum Gasteiger partial charge on any atom is 0.199 e. The van der Waals surface area contributed by atoms with E-state index in [-0.39, 0.29) is 10.9 Å². The molecule has 0 N–H and O–H groups in total. The summed E-state index contributed by atoms with van der Waals surface area (Å²) in [5.74, 6) is 0.0800. The minimum atomic E-state index is -0.487. The molecule has 80 valence electrons. The fourth-order valence-corrected chi connectivity index (χ4v) is 1.94. The third-order valence-corrected chi connectivity index (χ3v) is 3.30. The lowest BCUT2D eigenvalue weighted by atomic mass is 10.1. The van der Waals surface area contributed by atoms with Crippen LogP contribution in [0.1, 0.15) is 19.4 Å². The first kappa shape index (κ1) is 12.0. The van der Waals surface area contributed by atoms with Crippen LogP contribution in [0.2, 0.25) is 0 Å². The van der Waals surface area contributed by atoms with E-state index in [0.717, 1.165) is 5.56 Å². The topological polar surface area (TPSA) is 34.1 Å². The van der Waals surface area contributed by atoms with Gasteiger partial charge >= 0.3 is 0 Å². The predicted molar refractivity (Wildman–Crippen MR) is 62.6 cm³/mol. The van der Waals surface area contributed by atoms with E-state index in [4.69, 9.17) is 0 Å². The van der Waals surface area contributed by atoms with Gasteiger partial charge in [-0.1, -0.05) is 42.1 Å². The van der Waals surface area contributed by atoms with Gasteiger partial charge in [-0.05, 0) is 19.4 Å². The summed E-state index contributed by atoms with van der Waals surface area (Å²) in [6.07, 6.45) is 0. The van der Waals surface area contributed by atoms with Crippen molar-refractivity contribution in [2.75, 3.05) is 0 Å². The number of hydrogen-bond acceptors (Lipinski definition) is 3. The summed E-state index contributed by atoms with van der Waals surface area (Å²) in [6, 6.07) is 9.76. The van der Waals surface area contributed by atoms with Crippen molar-refractivity contribution in [1.82, 2.24) is 0 Å². The molecule has 0 radical (unpaired) electrons. The Kier molecular flexibility index (Phi) is 4.56. The highest BCUT2D eigenvalue weighted by molar-refractivity contribution is 8.13. The molecule has 3 heteroatoms. The Morgan fingerprint density at radius 3 is 2.40 bits per heavy atom. The van der Waals surface area contributed by atoms with Crippen molar-refractivity contribution in [3.63, 3.8) is 0 Å². The summed E-state index contributed by atoms with van der Waals surface area (Å²) in [5.41, 5.74) is 1.10. The molecule has 1 unspecified atom stereocenters. The minimum Gasteiger partial charge on any atom is -0.299 e. The Balaban J connectivity index is 2.44. The summed E-state index contributed by atoms with van der Waals surface area (Å²) >= 11 is 1.21. The number of carbonyl (C=O) groups excluding carboxylic acids is 2. The second-order valence-corrected chi connectivity index (χ2v) is 4.41. The molecule has 0 bridgehead atoms. The van der Waals surface area contributed by atoms with Crippen LogP contribution >= 0.6 is 11.8 Å². The van der Waals surface area contributed by atoms with E-state index >= 15 is 0 Å².